The molecule has 38 heavy (non-hydrogen) atoms. The van der Waals surface area contributed by atoms with Crippen molar-refractivity contribution in [2.45, 2.75) is 200 Å². The van der Waals surface area contributed by atoms with Gasteiger partial charge in [0.1, 0.15) is 0 Å². The van der Waals surface area contributed by atoms with Crippen LogP contribution in [-0.2, 0) is 9.59 Å². The van der Waals surface area contributed by atoms with Gasteiger partial charge in [-0.3, -0.25) is 9.59 Å². The van der Waals surface area contributed by atoms with E-state index in [9.17, 15) is 9.59 Å². The minimum atomic E-state index is -0.660. The Morgan fingerprint density at radius 3 is 1.05 bits per heavy atom. The summed E-state index contributed by atoms with van der Waals surface area (Å²) in [6.45, 7) is 3.14. The Kier molecular flexibility index (Phi) is 31.3. The quantitative estimate of drug-likeness (QED) is 0.0838. The number of nitrogens with one attached hydrogen (secondary N) is 1. The van der Waals surface area contributed by atoms with Gasteiger partial charge >= 0.3 is 5.97 Å². The Bertz CT molecular complexity index is 494. The van der Waals surface area contributed by atoms with Gasteiger partial charge in [0.25, 0.3) is 0 Å². The summed E-state index contributed by atoms with van der Waals surface area (Å²) < 4.78 is 0. The molecule has 1 amide bonds. The number of carboxylic acid groups (broad SMARTS) is 1. The van der Waals surface area contributed by atoms with E-state index in [2.05, 4.69) is 12.2 Å². The van der Waals surface area contributed by atoms with E-state index in [4.69, 9.17) is 5.11 Å². The van der Waals surface area contributed by atoms with Crippen LogP contribution >= 0.6 is 0 Å². The summed E-state index contributed by atoms with van der Waals surface area (Å²) >= 11 is 0. The lowest BCUT2D eigenvalue weighted by molar-refractivity contribution is -0.137. The van der Waals surface area contributed by atoms with Crippen molar-refractivity contribution in [3.63, 3.8) is 0 Å². The molecule has 226 valence electrons. The molecule has 0 aliphatic carbocycles. The number of carboxylic acids is 1. The molecule has 0 spiro atoms. The van der Waals surface area contributed by atoms with Crippen LogP contribution in [0.3, 0.4) is 0 Å². The van der Waals surface area contributed by atoms with Gasteiger partial charge in [0.15, 0.2) is 0 Å². The zero-order valence-electron chi connectivity index (χ0n) is 25.7. The van der Waals surface area contributed by atoms with E-state index in [1.807, 2.05) is 0 Å². The summed E-state index contributed by atoms with van der Waals surface area (Å²) in [7, 11) is 0. The highest BCUT2D eigenvalue weighted by Crippen LogP contribution is 2.15. The smallest absolute Gasteiger partial charge is 0.303 e. The SMILES string of the molecule is CCCCCCCCCCCCCC(=O)NCCCCCCCCCCCCCCCCCCCC(=O)O. The van der Waals surface area contributed by atoms with Crippen LogP contribution in [0.15, 0.2) is 0 Å². The maximum absolute atomic E-state index is 12.0. The van der Waals surface area contributed by atoms with E-state index in [1.54, 1.807) is 0 Å². The monoisotopic (exact) mass is 538 g/mol. The topological polar surface area (TPSA) is 66.4 Å². The molecule has 0 atom stereocenters. The normalized spacial score (nSPS) is 11.2. The van der Waals surface area contributed by atoms with Gasteiger partial charge < -0.3 is 10.4 Å². The Morgan fingerprint density at radius 1 is 0.421 bits per heavy atom. The first-order valence-electron chi connectivity index (χ1n) is 17.1. The van der Waals surface area contributed by atoms with Gasteiger partial charge in [0, 0.05) is 19.4 Å². The summed E-state index contributed by atoms with van der Waals surface area (Å²) in [6.07, 6.45) is 37.4. The molecule has 0 aliphatic heterocycles. The molecule has 0 fully saturated rings. The van der Waals surface area contributed by atoms with E-state index < -0.39 is 5.97 Å². The first kappa shape index (κ1) is 36.9. The van der Waals surface area contributed by atoms with Gasteiger partial charge in [0.2, 0.25) is 5.91 Å². The van der Waals surface area contributed by atoms with Crippen LogP contribution in [0.1, 0.15) is 200 Å². The fourth-order valence-corrected chi connectivity index (χ4v) is 5.32. The third kappa shape index (κ3) is 33.0. The lowest BCUT2D eigenvalue weighted by atomic mass is 10.0. The van der Waals surface area contributed by atoms with Crippen LogP contribution in [0.2, 0.25) is 0 Å². The maximum Gasteiger partial charge on any atom is 0.303 e. The molecule has 0 rings (SSSR count). The number of rotatable bonds is 32. The van der Waals surface area contributed by atoms with E-state index in [0.29, 0.717) is 12.8 Å². The van der Waals surface area contributed by atoms with Gasteiger partial charge in [-0.25, -0.2) is 0 Å². The summed E-state index contributed by atoms with van der Waals surface area (Å²) in [5.74, 6) is -0.402. The van der Waals surface area contributed by atoms with Gasteiger partial charge in [-0.2, -0.15) is 0 Å². The molecule has 2 N–H and O–H groups in total. The van der Waals surface area contributed by atoms with E-state index in [0.717, 1.165) is 32.2 Å². The number of unbranched alkanes of at least 4 members (excludes halogenated alkanes) is 26. The Hall–Kier alpha value is -1.06. The average molecular weight is 538 g/mol. The largest absolute Gasteiger partial charge is 0.481 e. The Morgan fingerprint density at radius 2 is 0.711 bits per heavy atom. The highest BCUT2D eigenvalue weighted by atomic mass is 16.4. The van der Waals surface area contributed by atoms with E-state index in [1.165, 1.54) is 154 Å². The second-order valence-electron chi connectivity index (χ2n) is 11.8. The molecule has 0 saturated carbocycles. The van der Waals surface area contributed by atoms with Gasteiger partial charge in [-0.15, -0.1) is 0 Å². The van der Waals surface area contributed by atoms with Gasteiger partial charge in [-0.05, 0) is 19.3 Å². The molecule has 0 heterocycles. The number of hydrogen-bond acceptors (Lipinski definition) is 2. The van der Waals surface area contributed by atoms with Crippen molar-refractivity contribution in [1.29, 1.82) is 0 Å². The molecular formula is C34H67NO3. The maximum atomic E-state index is 12.0. The lowest BCUT2D eigenvalue weighted by Gasteiger charge is -2.06. The Balaban J connectivity index is 3.14. The molecule has 0 aromatic heterocycles. The van der Waals surface area contributed by atoms with E-state index in [-0.39, 0.29) is 5.91 Å². The van der Waals surface area contributed by atoms with Crippen molar-refractivity contribution in [3.05, 3.63) is 0 Å². The molecule has 0 aromatic carbocycles. The van der Waals surface area contributed by atoms with Gasteiger partial charge in [-0.1, -0.05) is 167 Å². The summed E-state index contributed by atoms with van der Waals surface area (Å²) in [5, 5.41) is 11.7. The van der Waals surface area contributed by atoms with Crippen LogP contribution in [0.4, 0.5) is 0 Å². The van der Waals surface area contributed by atoms with Crippen molar-refractivity contribution in [2.75, 3.05) is 6.54 Å². The standard InChI is InChI=1S/C34H67NO3/c1-2-3-4-5-6-7-15-18-21-24-27-30-33(36)35-32-29-26-23-20-17-14-12-10-8-9-11-13-16-19-22-25-28-31-34(37)38/h2-32H2,1H3,(H,35,36)(H,37,38). The number of carbonyl (C=O) groups excluding carboxylic acids is 1. The number of hydrogen-bond donors (Lipinski definition) is 2. The number of carbonyl (C=O) groups is 2. The molecule has 0 saturated heterocycles. The molecular weight excluding hydrogens is 470 g/mol. The first-order valence-corrected chi connectivity index (χ1v) is 17.1. The third-order valence-corrected chi connectivity index (χ3v) is 7.90. The predicted octanol–water partition coefficient (Wildman–Crippen LogP) is 10.9. The molecule has 0 unspecified atom stereocenters. The second-order valence-corrected chi connectivity index (χ2v) is 11.8. The zero-order valence-corrected chi connectivity index (χ0v) is 25.7. The Labute approximate surface area is 237 Å². The van der Waals surface area contributed by atoms with Crippen LogP contribution in [0.5, 0.6) is 0 Å². The van der Waals surface area contributed by atoms with Crippen molar-refractivity contribution in [3.8, 4) is 0 Å². The zero-order chi connectivity index (χ0) is 27.8. The lowest BCUT2D eigenvalue weighted by Crippen LogP contribution is -2.23. The van der Waals surface area contributed by atoms with Crippen molar-refractivity contribution in [2.24, 2.45) is 0 Å². The highest BCUT2D eigenvalue weighted by Gasteiger charge is 2.01. The number of amides is 1. The summed E-state index contributed by atoms with van der Waals surface area (Å²) in [4.78, 5) is 22.4. The van der Waals surface area contributed by atoms with Crippen molar-refractivity contribution in [1.82, 2.24) is 5.32 Å². The van der Waals surface area contributed by atoms with Crippen LogP contribution in [0.25, 0.3) is 0 Å². The van der Waals surface area contributed by atoms with E-state index >= 15 is 0 Å². The minimum absolute atomic E-state index is 0.258. The fourth-order valence-electron chi connectivity index (χ4n) is 5.32. The third-order valence-electron chi connectivity index (χ3n) is 7.90. The molecule has 0 aromatic rings. The highest BCUT2D eigenvalue weighted by molar-refractivity contribution is 5.75. The van der Waals surface area contributed by atoms with Crippen molar-refractivity contribution >= 4 is 11.9 Å². The van der Waals surface area contributed by atoms with Crippen LogP contribution in [-0.4, -0.2) is 23.5 Å². The van der Waals surface area contributed by atoms with Gasteiger partial charge in [0.05, 0.1) is 0 Å². The molecule has 4 heteroatoms. The second kappa shape index (κ2) is 32.2. The van der Waals surface area contributed by atoms with Crippen LogP contribution in [0, 0.1) is 0 Å². The minimum Gasteiger partial charge on any atom is -0.481 e. The summed E-state index contributed by atoms with van der Waals surface area (Å²) in [5.41, 5.74) is 0. The predicted molar refractivity (Wildman–Crippen MR) is 165 cm³/mol. The molecule has 0 bridgehead atoms. The van der Waals surface area contributed by atoms with Crippen molar-refractivity contribution < 1.29 is 14.7 Å². The fraction of sp³-hybridized carbons (Fsp3) is 0.941. The first-order chi connectivity index (χ1) is 18.7. The molecule has 0 radical (unpaired) electrons. The molecule has 0 aliphatic rings. The molecule has 4 nitrogen and oxygen atoms in total. The van der Waals surface area contributed by atoms with Crippen LogP contribution < -0.4 is 5.32 Å². The average Bonchev–Trinajstić information content (AvgIpc) is 2.90. The number of aliphatic carboxylic acids is 1. The summed E-state index contributed by atoms with van der Waals surface area (Å²) in [6, 6.07) is 0.